The molecule has 1 unspecified atom stereocenters. The lowest BCUT2D eigenvalue weighted by Gasteiger charge is -2.22. The van der Waals surface area contributed by atoms with Crippen molar-refractivity contribution in [1.82, 2.24) is 10.2 Å². The third-order valence-electron chi connectivity index (χ3n) is 3.71. The number of nitrogens with two attached hydrogens (primary N) is 1. The molecule has 128 valence electrons. The Morgan fingerprint density at radius 1 is 1.29 bits per heavy atom. The fourth-order valence-electron chi connectivity index (χ4n) is 2.35. The van der Waals surface area contributed by atoms with Crippen molar-refractivity contribution in [3.05, 3.63) is 53.5 Å². The minimum absolute atomic E-state index is 0.0788. The van der Waals surface area contributed by atoms with Crippen LogP contribution in [0.1, 0.15) is 27.7 Å². The van der Waals surface area contributed by atoms with Gasteiger partial charge in [0.1, 0.15) is 5.76 Å². The summed E-state index contributed by atoms with van der Waals surface area (Å²) in [7, 11) is 3.82. The first-order valence-corrected chi connectivity index (χ1v) is 7.53. The summed E-state index contributed by atoms with van der Waals surface area (Å²) < 4.78 is 5.40. The molecule has 1 heterocycles. The SMILES string of the molecule is Cc1ccc(NC(=O)NCC(c2ccco2)N(C)C)cc1C(N)=O. The predicted octanol–water partition coefficient (Wildman–Crippen LogP) is 2.11. The van der Waals surface area contributed by atoms with Gasteiger partial charge < -0.3 is 20.8 Å². The van der Waals surface area contributed by atoms with Crippen molar-refractivity contribution >= 4 is 17.6 Å². The molecule has 0 saturated heterocycles. The van der Waals surface area contributed by atoms with Crippen LogP contribution in [0, 0.1) is 6.92 Å². The maximum absolute atomic E-state index is 12.1. The van der Waals surface area contributed by atoms with Crippen molar-refractivity contribution in [3.63, 3.8) is 0 Å². The van der Waals surface area contributed by atoms with E-state index in [1.807, 2.05) is 31.1 Å². The number of urea groups is 1. The lowest BCUT2D eigenvalue weighted by molar-refractivity contribution is 0.0999. The van der Waals surface area contributed by atoms with Crippen LogP contribution in [0.5, 0.6) is 0 Å². The molecule has 24 heavy (non-hydrogen) atoms. The molecule has 3 amide bonds. The third kappa shape index (κ3) is 4.36. The Morgan fingerprint density at radius 3 is 2.62 bits per heavy atom. The zero-order chi connectivity index (χ0) is 17.7. The predicted molar refractivity (Wildman–Crippen MR) is 91.9 cm³/mol. The highest BCUT2D eigenvalue weighted by molar-refractivity contribution is 5.97. The number of anilines is 1. The quantitative estimate of drug-likeness (QED) is 0.755. The standard InChI is InChI=1S/C17H22N4O3/c1-11-6-7-12(9-13(11)16(18)22)20-17(23)19-10-14(21(2)3)15-5-4-8-24-15/h4-9,14H,10H2,1-3H3,(H2,18,22)(H2,19,20,23). The average molecular weight is 330 g/mol. The number of likely N-dealkylation sites (N-methyl/N-ethyl adjacent to an activating group) is 1. The highest BCUT2D eigenvalue weighted by Gasteiger charge is 2.18. The summed E-state index contributed by atoms with van der Waals surface area (Å²) in [5.41, 5.74) is 6.97. The fourth-order valence-corrected chi connectivity index (χ4v) is 2.35. The minimum Gasteiger partial charge on any atom is -0.468 e. The molecule has 1 atom stereocenters. The number of nitrogens with one attached hydrogen (secondary N) is 2. The highest BCUT2D eigenvalue weighted by atomic mass is 16.3. The molecule has 2 aromatic rings. The minimum atomic E-state index is -0.526. The van der Waals surface area contributed by atoms with Gasteiger partial charge in [-0.2, -0.15) is 0 Å². The molecular weight excluding hydrogens is 308 g/mol. The zero-order valence-corrected chi connectivity index (χ0v) is 14.0. The monoisotopic (exact) mass is 330 g/mol. The number of primary amides is 1. The van der Waals surface area contributed by atoms with Gasteiger partial charge in [0, 0.05) is 17.8 Å². The maximum atomic E-state index is 12.1. The van der Waals surface area contributed by atoms with Gasteiger partial charge in [-0.05, 0) is 50.8 Å². The summed E-state index contributed by atoms with van der Waals surface area (Å²) in [4.78, 5) is 25.4. The summed E-state index contributed by atoms with van der Waals surface area (Å²) in [5, 5.41) is 5.49. The van der Waals surface area contributed by atoms with E-state index in [0.717, 1.165) is 11.3 Å². The van der Waals surface area contributed by atoms with Crippen molar-refractivity contribution in [2.24, 2.45) is 5.73 Å². The molecule has 0 aliphatic heterocycles. The molecule has 1 aromatic carbocycles. The second-order valence-corrected chi connectivity index (χ2v) is 5.72. The lowest BCUT2D eigenvalue weighted by atomic mass is 10.1. The number of amides is 3. The van der Waals surface area contributed by atoms with E-state index < -0.39 is 5.91 Å². The van der Waals surface area contributed by atoms with Crippen molar-refractivity contribution in [3.8, 4) is 0 Å². The van der Waals surface area contributed by atoms with Crippen molar-refractivity contribution in [1.29, 1.82) is 0 Å². The topological polar surface area (TPSA) is 101 Å². The van der Waals surface area contributed by atoms with E-state index in [1.54, 1.807) is 31.4 Å². The fraction of sp³-hybridized carbons (Fsp3) is 0.294. The summed E-state index contributed by atoms with van der Waals surface area (Å²) in [6.45, 7) is 2.16. The molecule has 0 fully saturated rings. The zero-order valence-electron chi connectivity index (χ0n) is 14.0. The van der Waals surface area contributed by atoms with Gasteiger partial charge in [0.15, 0.2) is 0 Å². The van der Waals surface area contributed by atoms with Gasteiger partial charge in [0.25, 0.3) is 0 Å². The molecular formula is C17H22N4O3. The van der Waals surface area contributed by atoms with Gasteiger partial charge in [-0.15, -0.1) is 0 Å². The first-order chi connectivity index (χ1) is 11.4. The normalized spacial score (nSPS) is 12.0. The number of aryl methyl sites for hydroxylation is 1. The van der Waals surface area contributed by atoms with Gasteiger partial charge >= 0.3 is 6.03 Å². The van der Waals surface area contributed by atoms with E-state index in [0.29, 0.717) is 17.8 Å². The molecule has 0 spiro atoms. The van der Waals surface area contributed by atoms with E-state index in [-0.39, 0.29) is 12.1 Å². The Bertz CT molecular complexity index is 711. The van der Waals surface area contributed by atoms with Gasteiger partial charge in [-0.1, -0.05) is 6.07 Å². The number of benzene rings is 1. The summed E-state index contributed by atoms with van der Waals surface area (Å²) in [5.74, 6) is 0.244. The maximum Gasteiger partial charge on any atom is 0.319 e. The van der Waals surface area contributed by atoms with Crippen molar-refractivity contribution in [2.45, 2.75) is 13.0 Å². The van der Waals surface area contributed by atoms with Crippen LogP contribution in [0.3, 0.4) is 0 Å². The molecule has 7 nitrogen and oxygen atoms in total. The van der Waals surface area contributed by atoms with E-state index in [1.165, 1.54) is 0 Å². The van der Waals surface area contributed by atoms with E-state index in [4.69, 9.17) is 10.2 Å². The average Bonchev–Trinajstić information content (AvgIpc) is 3.03. The number of carbonyl (C=O) groups excluding carboxylic acids is 2. The van der Waals surface area contributed by atoms with Crippen LogP contribution in [-0.2, 0) is 0 Å². The molecule has 4 N–H and O–H groups in total. The Hall–Kier alpha value is -2.80. The second-order valence-electron chi connectivity index (χ2n) is 5.72. The smallest absolute Gasteiger partial charge is 0.319 e. The van der Waals surface area contributed by atoms with Crippen molar-refractivity contribution < 1.29 is 14.0 Å². The number of nitrogens with zero attached hydrogens (tertiary/aromatic N) is 1. The van der Waals surface area contributed by atoms with Crippen LogP contribution in [0.25, 0.3) is 0 Å². The molecule has 7 heteroatoms. The van der Waals surface area contributed by atoms with Crippen LogP contribution in [0.15, 0.2) is 41.0 Å². The Kier molecular flexibility index (Phi) is 5.59. The van der Waals surface area contributed by atoms with Crippen LogP contribution < -0.4 is 16.4 Å². The Morgan fingerprint density at radius 2 is 2.04 bits per heavy atom. The molecule has 0 radical (unpaired) electrons. The first-order valence-electron chi connectivity index (χ1n) is 7.53. The van der Waals surface area contributed by atoms with Gasteiger partial charge in [-0.3, -0.25) is 9.69 Å². The van der Waals surface area contributed by atoms with Crippen molar-refractivity contribution in [2.75, 3.05) is 26.0 Å². The second kappa shape index (κ2) is 7.65. The molecule has 2 rings (SSSR count). The molecule has 0 saturated carbocycles. The van der Waals surface area contributed by atoms with Crippen LogP contribution in [0.2, 0.25) is 0 Å². The number of rotatable bonds is 6. The molecule has 0 aliphatic carbocycles. The van der Waals surface area contributed by atoms with Crippen LogP contribution in [0.4, 0.5) is 10.5 Å². The van der Waals surface area contributed by atoms with Gasteiger partial charge in [0.05, 0.1) is 12.3 Å². The highest BCUT2D eigenvalue weighted by Crippen LogP contribution is 2.18. The number of hydrogen-bond acceptors (Lipinski definition) is 4. The van der Waals surface area contributed by atoms with Crippen LogP contribution >= 0.6 is 0 Å². The third-order valence-corrected chi connectivity index (χ3v) is 3.71. The van der Waals surface area contributed by atoms with Crippen LogP contribution in [-0.4, -0.2) is 37.5 Å². The number of furan rings is 1. The molecule has 1 aromatic heterocycles. The van der Waals surface area contributed by atoms with E-state index in [9.17, 15) is 9.59 Å². The lowest BCUT2D eigenvalue weighted by Crippen LogP contribution is -2.36. The van der Waals surface area contributed by atoms with E-state index >= 15 is 0 Å². The number of hydrogen-bond donors (Lipinski definition) is 3. The van der Waals surface area contributed by atoms with Gasteiger partial charge in [0.2, 0.25) is 5.91 Å². The summed E-state index contributed by atoms with van der Waals surface area (Å²) in [6, 6.07) is 8.25. The largest absolute Gasteiger partial charge is 0.468 e. The summed E-state index contributed by atoms with van der Waals surface area (Å²) >= 11 is 0. The number of carbonyl (C=O) groups is 2. The van der Waals surface area contributed by atoms with E-state index in [2.05, 4.69) is 10.6 Å². The Labute approximate surface area is 140 Å². The molecule has 0 aliphatic rings. The Balaban J connectivity index is 1.98. The molecule has 0 bridgehead atoms. The first kappa shape index (κ1) is 17.6. The van der Waals surface area contributed by atoms with Gasteiger partial charge in [-0.25, -0.2) is 4.79 Å². The summed E-state index contributed by atoms with van der Waals surface area (Å²) in [6.07, 6.45) is 1.60.